The van der Waals surface area contributed by atoms with Gasteiger partial charge in [-0.2, -0.15) is 0 Å². The molecule has 4 nitrogen and oxygen atoms in total. The summed E-state index contributed by atoms with van der Waals surface area (Å²) in [5, 5.41) is 12.4. The topological polar surface area (TPSA) is 62.2 Å². The molecule has 92 valence electrons. The number of nitrogens with one attached hydrogen (secondary N) is 1. The van der Waals surface area contributed by atoms with Crippen molar-refractivity contribution >= 4 is 11.7 Å². The van der Waals surface area contributed by atoms with Crippen LogP contribution >= 0.6 is 0 Å². The van der Waals surface area contributed by atoms with Gasteiger partial charge in [-0.3, -0.25) is 4.98 Å². The molecule has 0 atom stereocenters. The second-order valence-corrected chi connectivity index (χ2v) is 5.75. The molecule has 0 amide bonds. The molecule has 1 aliphatic rings. The second kappa shape index (κ2) is 3.45. The first kappa shape index (κ1) is 11.9. The molecule has 1 heterocycles. The van der Waals surface area contributed by atoms with Gasteiger partial charge in [0, 0.05) is 12.2 Å². The Bertz CT molecular complexity index is 452. The molecular formula is C13H18N2O2. The number of hydrogen-bond donors (Lipinski definition) is 2. The smallest absolute Gasteiger partial charge is 0.337 e. The van der Waals surface area contributed by atoms with Crippen LogP contribution in [0.25, 0.3) is 0 Å². The van der Waals surface area contributed by atoms with E-state index in [1.54, 1.807) is 6.20 Å². The first-order valence-electron chi connectivity index (χ1n) is 5.72. The molecule has 1 saturated carbocycles. The van der Waals surface area contributed by atoms with Crippen molar-refractivity contribution < 1.29 is 9.90 Å². The fourth-order valence-electron chi connectivity index (χ4n) is 2.41. The van der Waals surface area contributed by atoms with Gasteiger partial charge in [0.25, 0.3) is 0 Å². The van der Waals surface area contributed by atoms with Crippen LogP contribution in [0.15, 0.2) is 18.5 Å². The number of carbonyl (C=O) groups is 1. The van der Waals surface area contributed by atoms with Gasteiger partial charge in [0.1, 0.15) is 0 Å². The zero-order chi connectivity index (χ0) is 12.8. The number of rotatable bonds is 3. The van der Waals surface area contributed by atoms with Crippen LogP contribution in [0.3, 0.4) is 0 Å². The summed E-state index contributed by atoms with van der Waals surface area (Å²) in [4.78, 5) is 15.1. The molecule has 2 rings (SSSR count). The van der Waals surface area contributed by atoms with Gasteiger partial charge >= 0.3 is 5.97 Å². The fraction of sp³-hybridized carbons (Fsp3) is 0.538. The van der Waals surface area contributed by atoms with Crippen molar-refractivity contribution in [3.05, 3.63) is 24.0 Å². The third-order valence-corrected chi connectivity index (χ3v) is 4.37. The van der Waals surface area contributed by atoms with Crippen molar-refractivity contribution in [2.45, 2.75) is 33.7 Å². The van der Waals surface area contributed by atoms with Crippen LogP contribution in [0.1, 0.15) is 38.1 Å². The molecule has 0 spiro atoms. The molecule has 4 heteroatoms. The van der Waals surface area contributed by atoms with E-state index in [0.717, 1.165) is 0 Å². The monoisotopic (exact) mass is 234 g/mol. The average Bonchev–Trinajstić information content (AvgIpc) is 2.61. The SMILES string of the molecule is CC1(C)C(Nc2cnccc2C(=O)O)C1(C)C. The lowest BCUT2D eigenvalue weighted by Gasteiger charge is -2.10. The van der Waals surface area contributed by atoms with Crippen molar-refractivity contribution in [3.63, 3.8) is 0 Å². The van der Waals surface area contributed by atoms with Crippen molar-refractivity contribution in [1.29, 1.82) is 0 Å². The minimum Gasteiger partial charge on any atom is -0.478 e. The second-order valence-electron chi connectivity index (χ2n) is 5.75. The Balaban J connectivity index is 2.25. The van der Waals surface area contributed by atoms with Crippen molar-refractivity contribution in [2.75, 3.05) is 5.32 Å². The molecule has 0 radical (unpaired) electrons. The van der Waals surface area contributed by atoms with Crippen LogP contribution in [0.4, 0.5) is 5.69 Å². The maximum absolute atomic E-state index is 11.1. The van der Waals surface area contributed by atoms with E-state index in [1.165, 1.54) is 12.3 Å². The number of pyridine rings is 1. The van der Waals surface area contributed by atoms with Gasteiger partial charge in [0.05, 0.1) is 17.4 Å². The number of aromatic nitrogens is 1. The molecular weight excluding hydrogens is 216 g/mol. The number of hydrogen-bond acceptors (Lipinski definition) is 3. The molecule has 0 unspecified atom stereocenters. The summed E-state index contributed by atoms with van der Waals surface area (Å²) >= 11 is 0. The Labute approximate surface area is 101 Å². The Kier molecular flexibility index (Phi) is 2.42. The summed E-state index contributed by atoms with van der Waals surface area (Å²) in [7, 11) is 0. The third kappa shape index (κ3) is 1.68. The van der Waals surface area contributed by atoms with E-state index in [-0.39, 0.29) is 22.4 Å². The predicted molar refractivity (Wildman–Crippen MR) is 66.2 cm³/mol. The Hall–Kier alpha value is -1.58. The van der Waals surface area contributed by atoms with Crippen molar-refractivity contribution in [3.8, 4) is 0 Å². The van der Waals surface area contributed by atoms with Gasteiger partial charge in [-0.05, 0) is 16.9 Å². The molecule has 2 N–H and O–H groups in total. The van der Waals surface area contributed by atoms with Gasteiger partial charge in [-0.25, -0.2) is 4.79 Å². The molecule has 0 aliphatic heterocycles. The number of aromatic carboxylic acids is 1. The zero-order valence-corrected chi connectivity index (χ0v) is 10.6. The highest BCUT2D eigenvalue weighted by molar-refractivity contribution is 5.94. The van der Waals surface area contributed by atoms with Crippen molar-refractivity contribution in [1.82, 2.24) is 4.98 Å². The first-order chi connectivity index (χ1) is 7.78. The fourth-order valence-corrected chi connectivity index (χ4v) is 2.41. The predicted octanol–water partition coefficient (Wildman–Crippen LogP) is 2.63. The van der Waals surface area contributed by atoms with Gasteiger partial charge in [0.2, 0.25) is 0 Å². The highest BCUT2D eigenvalue weighted by Crippen LogP contribution is 2.63. The highest BCUT2D eigenvalue weighted by Gasteiger charge is 2.65. The van der Waals surface area contributed by atoms with Gasteiger partial charge < -0.3 is 10.4 Å². The quantitative estimate of drug-likeness (QED) is 0.844. The molecule has 0 aromatic carbocycles. The largest absolute Gasteiger partial charge is 0.478 e. The number of nitrogens with zero attached hydrogens (tertiary/aromatic N) is 1. The molecule has 1 fully saturated rings. The third-order valence-electron chi connectivity index (χ3n) is 4.37. The maximum atomic E-state index is 11.1. The normalized spacial score (nSPS) is 20.9. The van der Waals surface area contributed by atoms with Crippen LogP contribution < -0.4 is 5.32 Å². The first-order valence-corrected chi connectivity index (χ1v) is 5.72. The van der Waals surface area contributed by atoms with Gasteiger partial charge in [-0.1, -0.05) is 27.7 Å². The summed E-state index contributed by atoms with van der Waals surface area (Å²) in [6, 6.07) is 1.80. The molecule has 17 heavy (non-hydrogen) atoms. The molecule has 1 aromatic rings. The van der Waals surface area contributed by atoms with E-state index in [9.17, 15) is 4.79 Å². The Morgan fingerprint density at radius 3 is 2.41 bits per heavy atom. The summed E-state index contributed by atoms with van der Waals surface area (Å²) in [6.45, 7) is 8.73. The minimum absolute atomic E-state index is 0.165. The summed E-state index contributed by atoms with van der Waals surface area (Å²) in [5.41, 5.74) is 1.21. The summed E-state index contributed by atoms with van der Waals surface area (Å²) in [6.07, 6.45) is 3.08. The van der Waals surface area contributed by atoms with Crippen molar-refractivity contribution in [2.24, 2.45) is 10.8 Å². The highest BCUT2D eigenvalue weighted by atomic mass is 16.4. The zero-order valence-electron chi connectivity index (χ0n) is 10.6. The van der Waals surface area contributed by atoms with Crippen LogP contribution in [-0.2, 0) is 0 Å². The lowest BCUT2D eigenvalue weighted by molar-refractivity contribution is 0.0697. The lowest BCUT2D eigenvalue weighted by Crippen LogP contribution is -2.13. The number of carboxylic acids is 1. The Morgan fingerprint density at radius 1 is 1.35 bits per heavy atom. The van der Waals surface area contributed by atoms with Crippen LogP contribution in [0.5, 0.6) is 0 Å². The number of anilines is 1. The molecule has 0 bridgehead atoms. The lowest BCUT2D eigenvalue weighted by atomic mass is 10.0. The van der Waals surface area contributed by atoms with Gasteiger partial charge in [0.15, 0.2) is 0 Å². The standard InChI is InChI=1S/C13H18N2O2/c1-12(2)11(13(12,3)4)15-9-7-14-6-5-8(9)10(16)17/h5-7,11,15H,1-4H3,(H,16,17). The van der Waals surface area contributed by atoms with Gasteiger partial charge in [-0.15, -0.1) is 0 Å². The number of carboxylic acid groups (broad SMARTS) is 1. The molecule has 0 saturated heterocycles. The minimum atomic E-state index is -0.925. The van der Waals surface area contributed by atoms with E-state index >= 15 is 0 Å². The van der Waals surface area contributed by atoms with Crippen LogP contribution in [0, 0.1) is 10.8 Å². The van der Waals surface area contributed by atoms with E-state index in [0.29, 0.717) is 5.69 Å². The van der Waals surface area contributed by atoms with Crippen LogP contribution in [-0.4, -0.2) is 22.1 Å². The Morgan fingerprint density at radius 2 is 1.94 bits per heavy atom. The molecule has 1 aliphatic carbocycles. The van der Waals surface area contributed by atoms with Crippen LogP contribution in [0.2, 0.25) is 0 Å². The van der Waals surface area contributed by atoms with E-state index in [4.69, 9.17) is 5.11 Å². The molecule has 1 aromatic heterocycles. The van der Waals surface area contributed by atoms with E-state index in [2.05, 4.69) is 38.0 Å². The van der Waals surface area contributed by atoms with E-state index < -0.39 is 5.97 Å². The summed E-state index contributed by atoms with van der Waals surface area (Å²) in [5.74, 6) is -0.925. The van der Waals surface area contributed by atoms with E-state index in [1.807, 2.05) is 0 Å². The summed E-state index contributed by atoms with van der Waals surface area (Å²) < 4.78 is 0. The maximum Gasteiger partial charge on any atom is 0.337 e. The average molecular weight is 234 g/mol.